The summed E-state index contributed by atoms with van der Waals surface area (Å²) in [5.41, 5.74) is 4.03. The average Bonchev–Trinajstić information content (AvgIpc) is 3.11. The number of rotatable bonds is 8. The van der Waals surface area contributed by atoms with Gasteiger partial charge in [0.25, 0.3) is 0 Å². The van der Waals surface area contributed by atoms with Crippen LogP contribution in [0.2, 0.25) is 5.02 Å². The van der Waals surface area contributed by atoms with E-state index >= 15 is 0 Å². The summed E-state index contributed by atoms with van der Waals surface area (Å²) in [6, 6.07) is 13.3. The monoisotopic (exact) mass is 430 g/mol. The van der Waals surface area contributed by atoms with Gasteiger partial charge in [0.15, 0.2) is 11.0 Å². The number of nitrogens with zero attached hydrogens (tertiary/aromatic N) is 3. The number of halogens is 1. The average molecular weight is 431 g/mol. The van der Waals surface area contributed by atoms with Gasteiger partial charge in [-0.15, -0.1) is 10.2 Å². The molecular formula is C21H23ClN4O2S. The quantitative estimate of drug-likeness (QED) is 0.529. The molecule has 8 heteroatoms. The van der Waals surface area contributed by atoms with Crippen molar-refractivity contribution in [1.82, 2.24) is 14.8 Å². The molecule has 29 heavy (non-hydrogen) atoms. The smallest absolute Gasteiger partial charge is 0.234 e. The van der Waals surface area contributed by atoms with Crippen LogP contribution < -0.4 is 5.32 Å². The summed E-state index contributed by atoms with van der Waals surface area (Å²) in [7, 11) is 1.65. The SMILES string of the molecule is COCCn1c(SCC(=O)Nc2ccc(C)c(C)c2)nnc1-c1ccc(Cl)cc1. The number of thioether (sulfide) groups is 1. The van der Waals surface area contributed by atoms with Gasteiger partial charge in [0, 0.05) is 23.4 Å². The lowest BCUT2D eigenvalue weighted by molar-refractivity contribution is -0.113. The zero-order chi connectivity index (χ0) is 20.8. The summed E-state index contributed by atoms with van der Waals surface area (Å²) in [6.07, 6.45) is 0. The molecule has 0 unspecified atom stereocenters. The lowest BCUT2D eigenvalue weighted by atomic mass is 10.1. The van der Waals surface area contributed by atoms with Crippen molar-refractivity contribution < 1.29 is 9.53 Å². The summed E-state index contributed by atoms with van der Waals surface area (Å²) in [4.78, 5) is 12.4. The van der Waals surface area contributed by atoms with Crippen LogP contribution in [-0.4, -0.2) is 40.1 Å². The number of ether oxygens (including phenoxy) is 1. The first-order chi connectivity index (χ1) is 14.0. The Morgan fingerprint density at radius 1 is 1.14 bits per heavy atom. The largest absolute Gasteiger partial charge is 0.383 e. The molecule has 1 heterocycles. The van der Waals surface area contributed by atoms with Crippen LogP contribution in [0.3, 0.4) is 0 Å². The Balaban J connectivity index is 1.71. The maximum absolute atomic E-state index is 12.4. The van der Waals surface area contributed by atoms with E-state index in [1.165, 1.54) is 17.3 Å². The van der Waals surface area contributed by atoms with Gasteiger partial charge in [0.05, 0.1) is 18.9 Å². The molecular weight excluding hydrogens is 408 g/mol. The van der Waals surface area contributed by atoms with Crippen LogP contribution in [0.25, 0.3) is 11.4 Å². The van der Waals surface area contributed by atoms with E-state index in [0.717, 1.165) is 22.6 Å². The van der Waals surface area contributed by atoms with Crippen molar-refractivity contribution in [3.8, 4) is 11.4 Å². The maximum Gasteiger partial charge on any atom is 0.234 e. The second-order valence-corrected chi connectivity index (χ2v) is 7.97. The van der Waals surface area contributed by atoms with Crippen LogP contribution in [0.5, 0.6) is 0 Å². The lowest BCUT2D eigenvalue weighted by Crippen LogP contribution is -2.15. The first-order valence-electron chi connectivity index (χ1n) is 9.16. The first kappa shape index (κ1) is 21.4. The summed E-state index contributed by atoms with van der Waals surface area (Å²) in [5, 5.41) is 12.9. The van der Waals surface area contributed by atoms with Gasteiger partial charge in [-0.05, 0) is 61.4 Å². The Morgan fingerprint density at radius 3 is 2.59 bits per heavy atom. The number of amides is 1. The number of anilines is 1. The number of carbonyl (C=O) groups is 1. The molecule has 0 fully saturated rings. The number of nitrogens with one attached hydrogen (secondary N) is 1. The molecule has 2 aromatic carbocycles. The highest BCUT2D eigenvalue weighted by Crippen LogP contribution is 2.25. The molecule has 152 valence electrons. The molecule has 6 nitrogen and oxygen atoms in total. The number of aryl methyl sites for hydroxylation is 2. The molecule has 0 spiro atoms. The number of methoxy groups -OCH3 is 1. The Labute approximate surface area is 179 Å². The lowest BCUT2D eigenvalue weighted by Gasteiger charge is -2.10. The van der Waals surface area contributed by atoms with Crippen molar-refractivity contribution in [2.24, 2.45) is 0 Å². The number of carbonyl (C=O) groups excluding carboxylic acids is 1. The van der Waals surface area contributed by atoms with Gasteiger partial charge in [-0.3, -0.25) is 9.36 Å². The van der Waals surface area contributed by atoms with Crippen molar-refractivity contribution in [3.05, 3.63) is 58.6 Å². The first-order valence-corrected chi connectivity index (χ1v) is 10.5. The molecule has 0 radical (unpaired) electrons. The van der Waals surface area contributed by atoms with Crippen LogP contribution >= 0.6 is 23.4 Å². The van der Waals surface area contributed by atoms with Crippen molar-refractivity contribution in [3.63, 3.8) is 0 Å². The van der Waals surface area contributed by atoms with Gasteiger partial charge >= 0.3 is 0 Å². The van der Waals surface area contributed by atoms with E-state index in [1.54, 1.807) is 7.11 Å². The molecule has 1 N–H and O–H groups in total. The third-order valence-corrected chi connectivity index (χ3v) is 5.68. The highest BCUT2D eigenvalue weighted by molar-refractivity contribution is 7.99. The van der Waals surface area contributed by atoms with Crippen molar-refractivity contribution in [2.45, 2.75) is 25.5 Å². The van der Waals surface area contributed by atoms with Crippen LogP contribution in [-0.2, 0) is 16.1 Å². The molecule has 3 rings (SSSR count). The zero-order valence-electron chi connectivity index (χ0n) is 16.6. The van der Waals surface area contributed by atoms with Gasteiger partial charge in [0.2, 0.25) is 5.91 Å². The molecule has 0 saturated heterocycles. The van der Waals surface area contributed by atoms with E-state index in [4.69, 9.17) is 16.3 Å². The predicted octanol–water partition coefficient (Wildman–Crippen LogP) is 4.59. The molecule has 0 aliphatic heterocycles. The second kappa shape index (κ2) is 9.91. The Bertz CT molecular complexity index is 989. The third kappa shape index (κ3) is 5.59. The fourth-order valence-corrected chi connectivity index (χ4v) is 3.63. The van der Waals surface area contributed by atoms with Crippen molar-refractivity contribution in [2.75, 3.05) is 24.8 Å². The molecule has 0 aliphatic rings. The Morgan fingerprint density at radius 2 is 1.90 bits per heavy atom. The van der Waals surface area contributed by atoms with Crippen LogP contribution in [0, 0.1) is 13.8 Å². The van der Waals surface area contributed by atoms with Crippen LogP contribution in [0.1, 0.15) is 11.1 Å². The van der Waals surface area contributed by atoms with Crippen LogP contribution in [0.4, 0.5) is 5.69 Å². The maximum atomic E-state index is 12.4. The van der Waals surface area contributed by atoms with E-state index in [-0.39, 0.29) is 11.7 Å². The fourth-order valence-electron chi connectivity index (χ4n) is 2.74. The highest BCUT2D eigenvalue weighted by Gasteiger charge is 2.16. The Kier molecular flexibility index (Phi) is 7.30. The molecule has 0 aliphatic carbocycles. The van der Waals surface area contributed by atoms with Gasteiger partial charge in [-0.25, -0.2) is 0 Å². The van der Waals surface area contributed by atoms with E-state index in [2.05, 4.69) is 15.5 Å². The van der Waals surface area contributed by atoms with Crippen LogP contribution in [0.15, 0.2) is 47.6 Å². The number of benzene rings is 2. The molecule has 1 amide bonds. The summed E-state index contributed by atoms with van der Waals surface area (Å²) in [5.74, 6) is 0.863. The minimum Gasteiger partial charge on any atom is -0.383 e. The van der Waals surface area contributed by atoms with E-state index < -0.39 is 0 Å². The summed E-state index contributed by atoms with van der Waals surface area (Å²) >= 11 is 7.33. The minimum absolute atomic E-state index is 0.0902. The van der Waals surface area contributed by atoms with Crippen molar-refractivity contribution >= 4 is 35.0 Å². The van der Waals surface area contributed by atoms with Gasteiger partial charge in [-0.1, -0.05) is 29.4 Å². The zero-order valence-corrected chi connectivity index (χ0v) is 18.2. The van der Waals surface area contributed by atoms with Gasteiger partial charge < -0.3 is 10.1 Å². The number of hydrogen-bond acceptors (Lipinski definition) is 5. The summed E-state index contributed by atoms with van der Waals surface area (Å²) < 4.78 is 7.18. The topological polar surface area (TPSA) is 69.0 Å². The molecule has 0 bridgehead atoms. The molecule has 3 aromatic rings. The molecule has 0 saturated carbocycles. The van der Waals surface area contributed by atoms with E-state index in [0.29, 0.717) is 23.3 Å². The summed E-state index contributed by atoms with van der Waals surface area (Å²) in [6.45, 7) is 5.17. The minimum atomic E-state index is -0.0902. The van der Waals surface area contributed by atoms with E-state index in [1.807, 2.05) is 60.9 Å². The standard InChI is InChI=1S/C21H23ClN4O2S/c1-14-4-9-18(12-15(14)2)23-19(27)13-29-21-25-24-20(26(21)10-11-28-3)16-5-7-17(22)8-6-16/h4-9,12H,10-11,13H2,1-3H3,(H,23,27). The fraction of sp³-hybridized carbons (Fsp3) is 0.286. The molecule has 0 atom stereocenters. The van der Waals surface area contributed by atoms with Gasteiger partial charge in [0.1, 0.15) is 0 Å². The highest BCUT2D eigenvalue weighted by atomic mass is 35.5. The number of hydrogen-bond donors (Lipinski definition) is 1. The second-order valence-electron chi connectivity index (χ2n) is 6.59. The third-order valence-electron chi connectivity index (χ3n) is 4.46. The normalized spacial score (nSPS) is 10.9. The molecule has 1 aromatic heterocycles. The predicted molar refractivity (Wildman–Crippen MR) is 118 cm³/mol. The van der Waals surface area contributed by atoms with Crippen molar-refractivity contribution in [1.29, 1.82) is 0 Å². The van der Waals surface area contributed by atoms with E-state index in [9.17, 15) is 4.79 Å². The number of aromatic nitrogens is 3. The Hall–Kier alpha value is -2.35. The van der Waals surface area contributed by atoms with Gasteiger partial charge in [-0.2, -0.15) is 0 Å².